The Morgan fingerprint density at radius 3 is 2.33 bits per heavy atom. The molecule has 11 nitrogen and oxygen atoms in total. The van der Waals surface area contributed by atoms with Crippen molar-refractivity contribution >= 4 is 40.2 Å². The van der Waals surface area contributed by atoms with Crippen molar-refractivity contribution in [2.75, 3.05) is 24.7 Å². The summed E-state index contributed by atoms with van der Waals surface area (Å²) in [6.45, 7) is 2.67. The van der Waals surface area contributed by atoms with Crippen molar-refractivity contribution in [3.8, 4) is 23.0 Å². The third-order valence-corrected chi connectivity index (χ3v) is 7.86. The van der Waals surface area contributed by atoms with Crippen molar-refractivity contribution in [2.45, 2.75) is 38.0 Å². The van der Waals surface area contributed by atoms with Crippen LogP contribution in [0.1, 0.15) is 24.5 Å². The molecule has 0 fully saturated rings. The summed E-state index contributed by atoms with van der Waals surface area (Å²) in [7, 11) is 0. The molecule has 2 aliphatic heterocycles. The van der Waals surface area contributed by atoms with Crippen molar-refractivity contribution < 1.29 is 28.5 Å². The molecule has 216 valence electrons. The first kappa shape index (κ1) is 27.5. The smallest absolute Gasteiger partial charge is 0.262 e. The number of nitrogens with zero attached hydrogens (tertiary/aromatic N) is 2. The topological polar surface area (TPSA) is 130 Å². The number of carbonyl (C=O) groups is 2. The van der Waals surface area contributed by atoms with Gasteiger partial charge in [-0.05, 0) is 47.9 Å². The number of anilines is 1. The standard InChI is InChI=1S/C30H28N4O7S/c1-2-18-3-6-20(7-4-18)32-28(36)15-42-30-33-22-13-26-25(40-17-41-26)12-21(22)29(37)34(30)10-9-27(35)31-14-19-5-8-23-24(11-19)39-16-38-23/h3-8,11-13H,2,9-10,14-17H2,1H3,(H,31,35)(H,32,36). The Morgan fingerprint density at radius 2 is 1.57 bits per heavy atom. The molecule has 0 unspecified atom stereocenters. The van der Waals surface area contributed by atoms with Gasteiger partial charge in [0.05, 0.1) is 16.7 Å². The normalized spacial score (nSPS) is 12.9. The number of benzene rings is 3. The highest BCUT2D eigenvalue weighted by Gasteiger charge is 2.20. The van der Waals surface area contributed by atoms with Crippen LogP contribution in [0.4, 0.5) is 5.69 Å². The van der Waals surface area contributed by atoms with Crippen LogP contribution in [-0.2, 0) is 29.1 Å². The first-order valence-electron chi connectivity index (χ1n) is 13.5. The Kier molecular flexibility index (Phi) is 7.87. The zero-order valence-corrected chi connectivity index (χ0v) is 23.6. The largest absolute Gasteiger partial charge is 0.454 e. The van der Waals surface area contributed by atoms with Crippen molar-refractivity contribution in [2.24, 2.45) is 0 Å². The van der Waals surface area contributed by atoms with Gasteiger partial charge in [0.1, 0.15) is 0 Å². The minimum atomic E-state index is -0.333. The van der Waals surface area contributed by atoms with Gasteiger partial charge in [-0.3, -0.25) is 19.0 Å². The SMILES string of the molecule is CCc1ccc(NC(=O)CSc2nc3cc4c(cc3c(=O)n2CCC(=O)NCc2ccc3c(c2)OCO3)OCO4)cc1. The molecule has 0 radical (unpaired) electrons. The minimum Gasteiger partial charge on any atom is -0.454 e. The average Bonchev–Trinajstić information content (AvgIpc) is 3.67. The molecular weight excluding hydrogens is 560 g/mol. The summed E-state index contributed by atoms with van der Waals surface area (Å²) in [5, 5.41) is 6.42. The first-order valence-corrected chi connectivity index (χ1v) is 14.5. The summed E-state index contributed by atoms with van der Waals surface area (Å²) in [6.07, 6.45) is 0.942. The Bertz CT molecular complexity index is 1720. The van der Waals surface area contributed by atoms with E-state index in [1.807, 2.05) is 36.4 Å². The van der Waals surface area contributed by atoms with E-state index in [1.54, 1.807) is 18.2 Å². The number of rotatable bonds is 10. The lowest BCUT2D eigenvalue weighted by Gasteiger charge is -2.14. The maximum Gasteiger partial charge on any atom is 0.262 e. The third-order valence-electron chi connectivity index (χ3n) is 6.88. The van der Waals surface area contributed by atoms with Gasteiger partial charge in [-0.1, -0.05) is 36.9 Å². The van der Waals surface area contributed by atoms with Crippen molar-refractivity contribution in [3.63, 3.8) is 0 Å². The molecule has 2 N–H and O–H groups in total. The van der Waals surface area contributed by atoms with Gasteiger partial charge in [0, 0.05) is 31.3 Å². The first-order chi connectivity index (χ1) is 20.5. The van der Waals surface area contributed by atoms with E-state index in [4.69, 9.17) is 18.9 Å². The summed E-state index contributed by atoms with van der Waals surface area (Å²) in [5.41, 5.74) is 2.81. The quantitative estimate of drug-likeness (QED) is 0.210. The van der Waals surface area contributed by atoms with Crippen LogP contribution in [0.3, 0.4) is 0 Å². The minimum absolute atomic E-state index is 0.0222. The van der Waals surface area contributed by atoms with Crippen LogP contribution >= 0.6 is 11.8 Å². The van der Waals surface area contributed by atoms with Gasteiger partial charge >= 0.3 is 0 Å². The molecule has 3 heterocycles. The van der Waals surface area contributed by atoms with E-state index in [9.17, 15) is 14.4 Å². The van der Waals surface area contributed by atoms with Crippen molar-refractivity contribution in [1.29, 1.82) is 0 Å². The summed E-state index contributed by atoms with van der Waals surface area (Å²) in [4.78, 5) is 43.8. The lowest BCUT2D eigenvalue weighted by atomic mass is 10.1. The van der Waals surface area contributed by atoms with E-state index < -0.39 is 0 Å². The van der Waals surface area contributed by atoms with Crippen molar-refractivity contribution in [1.82, 2.24) is 14.9 Å². The van der Waals surface area contributed by atoms with Gasteiger partial charge in [-0.25, -0.2) is 4.98 Å². The number of ether oxygens (including phenoxy) is 4. The number of aromatic nitrogens is 2. The number of carbonyl (C=O) groups excluding carboxylic acids is 2. The predicted molar refractivity (Wildman–Crippen MR) is 156 cm³/mol. The second kappa shape index (κ2) is 12.0. The van der Waals surface area contributed by atoms with Crippen LogP contribution in [0.5, 0.6) is 23.0 Å². The molecule has 4 aromatic rings. The fraction of sp³-hybridized carbons (Fsp3) is 0.267. The highest BCUT2D eigenvalue weighted by atomic mass is 32.2. The second-order valence-corrected chi connectivity index (χ2v) is 10.6. The molecule has 6 rings (SSSR count). The monoisotopic (exact) mass is 588 g/mol. The lowest BCUT2D eigenvalue weighted by molar-refractivity contribution is -0.121. The molecule has 0 aliphatic carbocycles. The number of thioether (sulfide) groups is 1. The van der Waals surface area contributed by atoms with Gasteiger partial charge < -0.3 is 29.6 Å². The van der Waals surface area contributed by atoms with Crippen molar-refractivity contribution in [3.05, 3.63) is 76.1 Å². The third kappa shape index (κ3) is 5.98. The number of amides is 2. The molecule has 0 spiro atoms. The van der Waals surface area contributed by atoms with Gasteiger partial charge in [0.15, 0.2) is 28.2 Å². The molecule has 3 aromatic carbocycles. The second-order valence-electron chi connectivity index (χ2n) is 9.68. The van der Waals surface area contributed by atoms with Crippen LogP contribution in [0.2, 0.25) is 0 Å². The Balaban J connectivity index is 1.17. The molecule has 0 atom stereocenters. The van der Waals surface area contributed by atoms with Crippen LogP contribution < -0.4 is 35.1 Å². The van der Waals surface area contributed by atoms with E-state index in [2.05, 4.69) is 22.5 Å². The van der Waals surface area contributed by atoms with Crippen LogP contribution in [0.25, 0.3) is 10.9 Å². The van der Waals surface area contributed by atoms with Gasteiger partial charge in [-0.2, -0.15) is 0 Å². The lowest BCUT2D eigenvalue weighted by Crippen LogP contribution is -2.29. The molecule has 0 saturated carbocycles. The summed E-state index contributed by atoms with van der Waals surface area (Å²) in [5.74, 6) is 1.81. The van der Waals surface area contributed by atoms with Crippen LogP contribution in [0.15, 0.2) is 64.5 Å². The molecule has 12 heteroatoms. The van der Waals surface area contributed by atoms with Crippen LogP contribution in [0, 0.1) is 0 Å². The zero-order valence-electron chi connectivity index (χ0n) is 22.8. The fourth-order valence-electron chi connectivity index (χ4n) is 4.60. The van der Waals surface area contributed by atoms with Gasteiger partial charge in [0.25, 0.3) is 5.56 Å². The number of nitrogens with one attached hydrogen (secondary N) is 2. The van der Waals surface area contributed by atoms with E-state index in [1.165, 1.54) is 10.1 Å². The van der Waals surface area contributed by atoms with E-state index in [0.717, 1.165) is 23.7 Å². The van der Waals surface area contributed by atoms with Gasteiger partial charge in [-0.15, -0.1) is 0 Å². The number of hydrogen-bond acceptors (Lipinski definition) is 9. The summed E-state index contributed by atoms with van der Waals surface area (Å²) < 4.78 is 23.1. The average molecular weight is 589 g/mol. The highest BCUT2D eigenvalue weighted by molar-refractivity contribution is 7.99. The predicted octanol–water partition coefficient (Wildman–Crippen LogP) is 3.85. The molecule has 1 aromatic heterocycles. The fourth-order valence-corrected chi connectivity index (χ4v) is 5.43. The maximum atomic E-state index is 13.6. The Labute approximate surface area is 245 Å². The molecular formula is C30H28N4O7S. The van der Waals surface area contributed by atoms with E-state index in [0.29, 0.717) is 51.3 Å². The van der Waals surface area contributed by atoms with E-state index >= 15 is 0 Å². The van der Waals surface area contributed by atoms with Crippen LogP contribution in [-0.4, -0.2) is 40.7 Å². The summed E-state index contributed by atoms with van der Waals surface area (Å²) in [6, 6.07) is 16.4. The molecule has 2 amide bonds. The number of fused-ring (bicyclic) bond motifs is 3. The molecule has 2 aliphatic rings. The summed E-state index contributed by atoms with van der Waals surface area (Å²) >= 11 is 1.13. The highest BCUT2D eigenvalue weighted by Crippen LogP contribution is 2.35. The number of aryl methyl sites for hydroxylation is 1. The molecule has 42 heavy (non-hydrogen) atoms. The number of hydrogen-bond donors (Lipinski definition) is 2. The maximum absolute atomic E-state index is 13.6. The molecule has 0 saturated heterocycles. The van der Waals surface area contributed by atoms with Gasteiger partial charge in [0.2, 0.25) is 25.4 Å². The molecule has 0 bridgehead atoms. The zero-order chi connectivity index (χ0) is 29.1. The Hall–Kier alpha value is -4.71. The Morgan fingerprint density at radius 1 is 0.881 bits per heavy atom. The van der Waals surface area contributed by atoms with E-state index in [-0.39, 0.29) is 49.7 Å².